The van der Waals surface area contributed by atoms with Crippen LogP contribution in [0.2, 0.25) is 0 Å². The lowest BCUT2D eigenvalue weighted by molar-refractivity contribution is -0.155. The van der Waals surface area contributed by atoms with Gasteiger partial charge in [-0.3, -0.25) is 14.4 Å². The van der Waals surface area contributed by atoms with Gasteiger partial charge >= 0.3 is 24.1 Å². The average molecular weight is 673 g/mol. The first-order chi connectivity index (χ1) is 23.3. The minimum absolute atomic E-state index is 0.0656. The maximum absolute atomic E-state index is 13.6. The third kappa shape index (κ3) is 10.9. The highest BCUT2D eigenvalue weighted by Gasteiger charge is 2.30. The third-order valence-corrected chi connectivity index (χ3v) is 7.52. The predicted octanol–water partition coefficient (Wildman–Crippen LogP) is 5.43. The van der Waals surface area contributed by atoms with Crippen LogP contribution in [0.4, 0.5) is 21.0 Å². The van der Waals surface area contributed by atoms with Gasteiger partial charge in [0.2, 0.25) is 5.91 Å². The van der Waals surface area contributed by atoms with Gasteiger partial charge in [0.25, 0.3) is 0 Å². The van der Waals surface area contributed by atoms with Gasteiger partial charge in [-0.2, -0.15) is 0 Å². The number of piperidine rings is 1. The molecule has 1 aliphatic rings. The van der Waals surface area contributed by atoms with Crippen molar-refractivity contribution >= 4 is 47.1 Å². The van der Waals surface area contributed by atoms with Gasteiger partial charge < -0.3 is 35.0 Å². The van der Waals surface area contributed by atoms with Gasteiger partial charge in [-0.05, 0) is 69.5 Å². The number of nitrogens with one attached hydrogen (secondary N) is 2. The number of Topliss-reactive ketones (excluding diaryl/α,β-unsaturated/α-hetero) is 1. The molecular weight excluding hydrogens is 632 g/mol. The number of likely N-dealkylation sites (tertiary alicyclic amines) is 1. The molecule has 4 rings (SSSR count). The molecule has 0 aromatic heterocycles. The summed E-state index contributed by atoms with van der Waals surface area (Å²) in [5, 5.41) is 14.5. The number of hydrogen-bond acceptors (Lipinski definition) is 8. The number of esters is 1. The Morgan fingerprint density at radius 1 is 0.857 bits per heavy atom. The molecule has 0 atom stereocenters. The zero-order valence-electron chi connectivity index (χ0n) is 27.6. The van der Waals surface area contributed by atoms with Gasteiger partial charge in [-0.15, -0.1) is 0 Å². The van der Waals surface area contributed by atoms with E-state index >= 15 is 0 Å². The molecule has 0 unspecified atom stereocenters. The molecule has 4 amide bonds. The van der Waals surface area contributed by atoms with E-state index in [9.17, 15) is 33.9 Å². The Morgan fingerprint density at radius 3 is 2.20 bits per heavy atom. The highest BCUT2D eigenvalue weighted by atomic mass is 16.6. The molecule has 258 valence electrons. The number of carboxylic acid groups (broad SMARTS) is 1. The van der Waals surface area contributed by atoms with Crippen molar-refractivity contribution in [1.29, 1.82) is 0 Å². The number of carbonyl (C=O) groups is 6. The molecular formula is C36H40N4O9. The molecule has 1 saturated heterocycles. The lowest BCUT2D eigenvalue weighted by atomic mass is 9.88. The zero-order valence-corrected chi connectivity index (χ0v) is 27.6. The van der Waals surface area contributed by atoms with Crippen LogP contribution in [0.15, 0.2) is 78.9 Å². The maximum atomic E-state index is 13.6. The molecule has 3 aromatic carbocycles. The lowest BCUT2D eigenvalue weighted by Gasteiger charge is -2.31. The number of ether oxygens (including phenoxy) is 2. The van der Waals surface area contributed by atoms with E-state index in [1.807, 2.05) is 30.3 Å². The molecule has 3 aromatic rings. The smallest absolute Gasteiger partial charge is 0.410 e. The van der Waals surface area contributed by atoms with E-state index in [2.05, 4.69) is 10.6 Å². The van der Waals surface area contributed by atoms with Gasteiger partial charge in [0.1, 0.15) is 25.3 Å². The van der Waals surface area contributed by atoms with Crippen molar-refractivity contribution < 1.29 is 43.3 Å². The number of benzene rings is 3. The topological polar surface area (TPSA) is 172 Å². The van der Waals surface area contributed by atoms with Gasteiger partial charge in [0.15, 0.2) is 5.78 Å². The van der Waals surface area contributed by atoms with E-state index in [0.717, 1.165) is 10.5 Å². The summed E-state index contributed by atoms with van der Waals surface area (Å²) in [6.45, 7) is 4.64. The minimum atomic E-state index is -1.19. The van der Waals surface area contributed by atoms with E-state index in [0.29, 0.717) is 25.9 Å². The molecule has 0 saturated carbocycles. The molecule has 0 radical (unpaired) electrons. The zero-order chi connectivity index (χ0) is 35.6. The standard InChI is InChI=1S/C36H40N4O9/c1-36(2,3)49-31(42)22-40(34(46)37-27-13-9-12-26(20-27)33(44)45)21-30(41)38-29-15-8-7-14-28(29)32(43)25-16-18-39(19-17-25)35(47)48-23-24-10-5-4-6-11-24/h4-15,20,25H,16-19,21-23H2,1-3H3,(H,37,46)(H,38,41)(H,44,45). The number of nitrogens with zero attached hydrogens (tertiary/aromatic N) is 2. The first kappa shape index (κ1) is 36.1. The van der Waals surface area contributed by atoms with Crippen molar-refractivity contribution in [3.8, 4) is 0 Å². The number of urea groups is 1. The van der Waals surface area contributed by atoms with E-state index in [-0.39, 0.29) is 34.9 Å². The second kappa shape index (κ2) is 16.4. The highest BCUT2D eigenvalue weighted by molar-refractivity contribution is 6.07. The Morgan fingerprint density at radius 2 is 1.53 bits per heavy atom. The summed E-state index contributed by atoms with van der Waals surface area (Å²) >= 11 is 0. The summed E-state index contributed by atoms with van der Waals surface area (Å²) in [7, 11) is 0. The third-order valence-electron chi connectivity index (χ3n) is 7.52. The molecule has 3 N–H and O–H groups in total. The SMILES string of the molecule is CC(C)(C)OC(=O)CN(CC(=O)Nc1ccccc1C(=O)C1CCN(C(=O)OCc2ccccc2)CC1)C(=O)Nc1cccc(C(=O)O)c1. The van der Waals surface area contributed by atoms with Crippen LogP contribution in [-0.4, -0.2) is 82.4 Å². The lowest BCUT2D eigenvalue weighted by Crippen LogP contribution is -2.45. The fourth-order valence-corrected chi connectivity index (χ4v) is 5.19. The number of rotatable bonds is 11. The van der Waals surface area contributed by atoms with E-state index in [4.69, 9.17) is 9.47 Å². The number of amides is 4. The number of aromatic carboxylic acids is 1. The van der Waals surface area contributed by atoms with Crippen LogP contribution in [0, 0.1) is 5.92 Å². The monoisotopic (exact) mass is 672 g/mol. The summed E-state index contributed by atoms with van der Waals surface area (Å²) in [4.78, 5) is 79.3. The normalized spacial score (nSPS) is 13.2. The summed E-state index contributed by atoms with van der Waals surface area (Å²) in [6.07, 6.45) is 0.375. The second-order valence-electron chi connectivity index (χ2n) is 12.5. The number of ketones is 1. The van der Waals surface area contributed by atoms with E-state index in [1.54, 1.807) is 49.9 Å². The molecule has 1 heterocycles. The molecule has 1 fully saturated rings. The van der Waals surface area contributed by atoms with Crippen LogP contribution in [0.25, 0.3) is 0 Å². The van der Waals surface area contributed by atoms with E-state index in [1.165, 1.54) is 24.3 Å². The molecule has 49 heavy (non-hydrogen) atoms. The first-order valence-corrected chi connectivity index (χ1v) is 15.8. The largest absolute Gasteiger partial charge is 0.478 e. The molecule has 1 aliphatic heterocycles. The Bertz CT molecular complexity index is 1680. The second-order valence-corrected chi connectivity index (χ2v) is 12.5. The molecule has 0 bridgehead atoms. The van der Waals surface area contributed by atoms with Gasteiger partial charge in [-0.1, -0.05) is 48.5 Å². The number of hydrogen-bond donors (Lipinski definition) is 3. The van der Waals surface area contributed by atoms with Gasteiger partial charge in [0.05, 0.1) is 11.3 Å². The first-order valence-electron chi connectivity index (χ1n) is 15.8. The quantitative estimate of drug-likeness (QED) is 0.177. The predicted molar refractivity (Wildman–Crippen MR) is 180 cm³/mol. The van der Waals surface area contributed by atoms with Crippen molar-refractivity contribution in [2.75, 3.05) is 36.8 Å². The maximum Gasteiger partial charge on any atom is 0.410 e. The summed E-state index contributed by atoms with van der Waals surface area (Å²) in [6, 6.07) is 20.5. The minimum Gasteiger partial charge on any atom is -0.478 e. The Labute approximate surface area is 284 Å². The summed E-state index contributed by atoms with van der Waals surface area (Å²) in [5.74, 6) is -3.24. The fourth-order valence-electron chi connectivity index (χ4n) is 5.19. The summed E-state index contributed by atoms with van der Waals surface area (Å²) in [5.41, 5.74) is 0.604. The highest BCUT2D eigenvalue weighted by Crippen LogP contribution is 2.26. The Hall–Kier alpha value is -5.72. The number of para-hydroxylation sites is 1. The van der Waals surface area contributed by atoms with Crippen molar-refractivity contribution in [3.05, 3.63) is 95.6 Å². The van der Waals surface area contributed by atoms with Crippen LogP contribution < -0.4 is 10.6 Å². The molecule has 0 aliphatic carbocycles. The number of anilines is 2. The van der Waals surface area contributed by atoms with Crippen LogP contribution in [-0.2, 0) is 25.7 Å². The van der Waals surface area contributed by atoms with Crippen molar-refractivity contribution in [1.82, 2.24) is 9.80 Å². The molecule has 0 spiro atoms. The van der Waals surface area contributed by atoms with Crippen LogP contribution in [0.5, 0.6) is 0 Å². The Kier molecular flexibility index (Phi) is 12.1. The Balaban J connectivity index is 1.39. The van der Waals surface area contributed by atoms with Crippen LogP contribution in [0.1, 0.15) is 59.9 Å². The van der Waals surface area contributed by atoms with Gasteiger partial charge in [-0.25, -0.2) is 14.4 Å². The van der Waals surface area contributed by atoms with Crippen LogP contribution >= 0.6 is 0 Å². The summed E-state index contributed by atoms with van der Waals surface area (Å²) < 4.78 is 10.8. The van der Waals surface area contributed by atoms with Gasteiger partial charge in [0, 0.05) is 30.3 Å². The number of carbonyl (C=O) groups excluding carboxylic acids is 5. The van der Waals surface area contributed by atoms with Crippen LogP contribution in [0.3, 0.4) is 0 Å². The average Bonchev–Trinajstić information content (AvgIpc) is 3.06. The van der Waals surface area contributed by atoms with Crippen molar-refractivity contribution in [3.63, 3.8) is 0 Å². The van der Waals surface area contributed by atoms with E-state index < -0.39 is 54.6 Å². The molecule has 13 nitrogen and oxygen atoms in total. The molecule has 13 heteroatoms. The fraction of sp³-hybridized carbons (Fsp3) is 0.333. The number of carboxylic acids is 1. The van der Waals surface area contributed by atoms with Crippen molar-refractivity contribution in [2.45, 2.75) is 45.8 Å². The van der Waals surface area contributed by atoms with Crippen molar-refractivity contribution in [2.24, 2.45) is 5.92 Å².